The zero-order chi connectivity index (χ0) is 22.6. The summed E-state index contributed by atoms with van der Waals surface area (Å²) in [6.07, 6.45) is 1.93. The van der Waals surface area contributed by atoms with Gasteiger partial charge in [-0.3, -0.25) is 4.90 Å². The Morgan fingerprint density at radius 2 is 1.61 bits per heavy atom. The summed E-state index contributed by atoms with van der Waals surface area (Å²) in [6.45, 7) is 2.62. The maximum Gasteiger partial charge on any atom is 0.173 e. The number of nitrogens with zero attached hydrogens (tertiary/aromatic N) is 6. The largest absolute Gasteiger partial charge is 0.378 e. The van der Waals surface area contributed by atoms with Crippen LogP contribution in [0.1, 0.15) is 34.1 Å². The van der Waals surface area contributed by atoms with Crippen LogP contribution >= 0.6 is 0 Å². The van der Waals surface area contributed by atoms with Gasteiger partial charge in [0.05, 0.1) is 6.04 Å². The lowest BCUT2D eigenvalue weighted by atomic mass is 9.96. The summed E-state index contributed by atoms with van der Waals surface area (Å²) < 4.78 is 1.98. The van der Waals surface area contributed by atoms with Crippen LogP contribution in [0, 0.1) is 0 Å². The molecule has 0 radical (unpaired) electrons. The summed E-state index contributed by atoms with van der Waals surface area (Å²) in [5, 5.41) is 13.0. The third-order valence-electron chi connectivity index (χ3n) is 6.51. The van der Waals surface area contributed by atoms with Gasteiger partial charge in [0.1, 0.15) is 0 Å². The first-order valence-corrected chi connectivity index (χ1v) is 11.6. The van der Waals surface area contributed by atoms with Gasteiger partial charge in [-0.15, -0.1) is 5.10 Å². The number of rotatable bonds is 7. The van der Waals surface area contributed by atoms with E-state index in [9.17, 15) is 0 Å². The molecule has 0 aliphatic carbocycles. The molecule has 0 fully saturated rings. The molecular weight excluding hydrogens is 408 g/mol. The summed E-state index contributed by atoms with van der Waals surface area (Å²) in [5.41, 5.74) is 6.53. The van der Waals surface area contributed by atoms with E-state index in [4.69, 9.17) is 0 Å². The van der Waals surface area contributed by atoms with Crippen molar-refractivity contribution in [1.29, 1.82) is 0 Å². The Bertz CT molecular complexity index is 1180. The highest BCUT2D eigenvalue weighted by atomic mass is 15.5. The first-order valence-electron chi connectivity index (χ1n) is 11.6. The normalized spacial score (nSPS) is 14.6. The molecule has 6 heteroatoms. The second kappa shape index (κ2) is 9.55. The Labute approximate surface area is 195 Å². The van der Waals surface area contributed by atoms with E-state index in [2.05, 4.69) is 112 Å². The van der Waals surface area contributed by atoms with Crippen LogP contribution in [0.5, 0.6) is 0 Å². The zero-order valence-electron chi connectivity index (χ0n) is 19.3. The maximum absolute atomic E-state index is 4.54. The molecule has 0 spiro atoms. The first-order chi connectivity index (χ1) is 16.2. The Morgan fingerprint density at radius 1 is 0.879 bits per heavy atom. The molecule has 5 rings (SSSR count). The Balaban J connectivity index is 1.48. The Kier molecular flexibility index (Phi) is 6.17. The lowest BCUT2D eigenvalue weighted by Crippen LogP contribution is -2.36. The van der Waals surface area contributed by atoms with Crippen LogP contribution in [0.4, 0.5) is 5.69 Å². The molecule has 0 amide bonds. The number of aryl methyl sites for hydroxylation is 2. The standard InChI is InChI=1S/C27H30N6/c1-31(2)25-14-12-23(13-15-25)26(32-18-17-22-10-6-7-11-24(22)20-32)27-28-29-30-33(27)19-16-21-8-4-3-5-9-21/h3-15,26H,16-20H2,1-2H3. The molecule has 168 valence electrons. The van der Waals surface area contributed by atoms with Gasteiger partial charge >= 0.3 is 0 Å². The van der Waals surface area contributed by atoms with Crippen LogP contribution in [-0.2, 0) is 25.9 Å². The second-order valence-electron chi connectivity index (χ2n) is 8.87. The van der Waals surface area contributed by atoms with Crippen molar-refractivity contribution >= 4 is 5.69 Å². The van der Waals surface area contributed by atoms with Crippen molar-refractivity contribution in [1.82, 2.24) is 25.1 Å². The van der Waals surface area contributed by atoms with Crippen LogP contribution in [0.2, 0.25) is 0 Å². The van der Waals surface area contributed by atoms with Crippen molar-refractivity contribution in [2.75, 3.05) is 25.5 Å². The van der Waals surface area contributed by atoms with E-state index in [1.54, 1.807) is 0 Å². The quantitative estimate of drug-likeness (QED) is 0.434. The molecule has 1 aliphatic heterocycles. The van der Waals surface area contributed by atoms with Gasteiger partial charge in [-0.25, -0.2) is 4.68 Å². The molecular formula is C27H30N6. The van der Waals surface area contributed by atoms with Gasteiger partial charge in [-0.1, -0.05) is 66.7 Å². The van der Waals surface area contributed by atoms with Crippen LogP contribution in [0.15, 0.2) is 78.9 Å². The lowest BCUT2D eigenvalue weighted by Gasteiger charge is -2.35. The SMILES string of the molecule is CN(C)c1ccc(C(c2nnnn2CCc2ccccc2)N2CCc3ccccc3C2)cc1. The molecule has 4 aromatic rings. The number of benzene rings is 3. The number of hydrogen-bond acceptors (Lipinski definition) is 5. The summed E-state index contributed by atoms with van der Waals surface area (Å²) in [5.74, 6) is 0.905. The van der Waals surface area contributed by atoms with Gasteiger partial charge in [0.25, 0.3) is 0 Å². The fraction of sp³-hybridized carbons (Fsp3) is 0.296. The average molecular weight is 439 g/mol. The van der Waals surface area contributed by atoms with E-state index in [1.807, 2.05) is 10.7 Å². The molecule has 0 N–H and O–H groups in total. The molecule has 1 unspecified atom stereocenters. The predicted molar refractivity (Wildman–Crippen MR) is 131 cm³/mol. The summed E-state index contributed by atoms with van der Waals surface area (Å²) >= 11 is 0. The summed E-state index contributed by atoms with van der Waals surface area (Å²) in [4.78, 5) is 4.64. The minimum atomic E-state index is 0.000316. The highest BCUT2D eigenvalue weighted by Gasteiger charge is 2.30. The maximum atomic E-state index is 4.54. The molecule has 1 atom stereocenters. The lowest BCUT2D eigenvalue weighted by molar-refractivity contribution is 0.194. The number of fused-ring (bicyclic) bond motifs is 1. The van der Waals surface area contributed by atoms with Gasteiger partial charge in [0, 0.05) is 39.4 Å². The van der Waals surface area contributed by atoms with Gasteiger partial charge in [0.15, 0.2) is 5.82 Å². The monoisotopic (exact) mass is 438 g/mol. The van der Waals surface area contributed by atoms with E-state index in [0.717, 1.165) is 38.3 Å². The zero-order valence-corrected chi connectivity index (χ0v) is 19.3. The summed E-state index contributed by atoms with van der Waals surface area (Å²) in [7, 11) is 4.14. The second-order valence-corrected chi connectivity index (χ2v) is 8.87. The van der Waals surface area contributed by atoms with Crippen LogP contribution < -0.4 is 4.90 Å². The van der Waals surface area contributed by atoms with Crippen molar-refractivity contribution in [2.24, 2.45) is 0 Å². The number of tetrazole rings is 1. The van der Waals surface area contributed by atoms with Gasteiger partial charge in [-0.2, -0.15) is 0 Å². The third kappa shape index (κ3) is 4.66. The Hall–Kier alpha value is -3.51. The van der Waals surface area contributed by atoms with Crippen molar-refractivity contribution in [2.45, 2.75) is 32.0 Å². The van der Waals surface area contributed by atoms with Crippen LogP contribution in [-0.4, -0.2) is 45.7 Å². The fourth-order valence-electron chi connectivity index (χ4n) is 4.66. The third-order valence-corrected chi connectivity index (χ3v) is 6.51. The molecule has 0 saturated carbocycles. The minimum Gasteiger partial charge on any atom is -0.378 e. The van der Waals surface area contributed by atoms with E-state index in [-0.39, 0.29) is 6.04 Å². The van der Waals surface area contributed by atoms with E-state index in [1.165, 1.54) is 27.9 Å². The van der Waals surface area contributed by atoms with Gasteiger partial charge in [0.2, 0.25) is 0 Å². The molecule has 3 aromatic carbocycles. The number of hydrogen-bond donors (Lipinski definition) is 0. The molecule has 0 bridgehead atoms. The Morgan fingerprint density at radius 3 is 2.36 bits per heavy atom. The molecule has 33 heavy (non-hydrogen) atoms. The molecule has 1 aliphatic rings. The summed E-state index contributed by atoms with van der Waals surface area (Å²) in [6, 6.07) is 28.1. The van der Waals surface area contributed by atoms with Crippen molar-refractivity contribution in [3.8, 4) is 0 Å². The average Bonchev–Trinajstić information content (AvgIpc) is 3.32. The van der Waals surface area contributed by atoms with Crippen molar-refractivity contribution in [3.05, 3.63) is 107 Å². The van der Waals surface area contributed by atoms with Crippen LogP contribution in [0.3, 0.4) is 0 Å². The topological polar surface area (TPSA) is 50.1 Å². The van der Waals surface area contributed by atoms with E-state index in [0.29, 0.717) is 0 Å². The van der Waals surface area contributed by atoms with E-state index < -0.39 is 0 Å². The highest BCUT2D eigenvalue weighted by molar-refractivity contribution is 5.47. The minimum absolute atomic E-state index is 0.000316. The first kappa shape index (κ1) is 21.3. The fourth-order valence-corrected chi connectivity index (χ4v) is 4.66. The molecule has 1 aromatic heterocycles. The number of anilines is 1. The number of aromatic nitrogens is 4. The predicted octanol–water partition coefficient (Wildman–Crippen LogP) is 4.13. The molecule has 0 saturated heterocycles. The van der Waals surface area contributed by atoms with Crippen LogP contribution in [0.25, 0.3) is 0 Å². The van der Waals surface area contributed by atoms with E-state index >= 15 is 0 Å². The van der Waals surface area contributed by atoms with Crippen molar-refractivity contribution < 1.29 is 0 Å². The smallest absolute Gasteiger partial charge is 0.173 e. The molecule has 2 heterocycles. The highest BCUT2D eigenvalue weighted by Crippen LogP contribution is 2.33. The molecule has 6 nitrogen and oxygen atoms in total. The van der Waals surface area contributed by atoms with Gasteiger partial charge < -0.3 is 4.90 Å². The van der Waals surface area contributed by atoms with Gasteiger partial charge in [-0.05, 0) is 57.7 Å². The van der Waals surface area contributed by atoms with Crippen molar-refractivity contribution in [3.63, 3.8) is 0 Å².